The molecule has 25 aromatic carbocycles. The van der Waals surface area contributed by atoms with Gasteiger partial charge in [-0.2, -0.15) is 0 Å². The summed E-state index contributed by atoms with van der Waals surface area (Å²) in [6.45, 7) is 34.2. The summed E-state index contributed by atoms with van der Waals surface area (Å²) in [5, 5.41) is 37.1. The smallest absolute Gasteiger partial charge is 0.0464 e. The van der Waals surface area contributed by atoms with Gasteiger partial charge in [0.2, 0.25) is 0 Å². The first-order chi connectivity index (χ1) is 70.8. The van der Waals surface area contributed by atoms with Gasteiger partial charge in [0.15, 0.2) is 0 Å². The van der Waals surface area contributed by atoms with E-state index < -0.39 is 0 Å². The highest BCUT2D eigenvalue weighted by Crippen LogP contribution is 2.45. The predicted molar refractivity (Wildman–Crippen MR) is 638 cm³/mol. The Kier molecular flexibility index (Phi) is 32.4. The zero-order chi connectivity index (χ0) is 100. The van der Waals surface area contributed by atoms with Gasteiger partial charge in [0.1, 0.15) is 0 Å². The molecule has 0 radical (unpaired) electrons. The number of nitrogens with one attached hydrogen (secondary N) is 1. The topological polar surface area (TPSA) is 15.8 Å². The number of H-pyrrole nitrogens is 1. The summed E-state index contributed by atoms with van der Waals surface area (Å²) in [6, 6.07) is 164. The molecule has 1 heterocycles. The van der Waals surface area contributed by atoms with Crippen LogP contribution in [0.25, 0.3) is 185 Å². The van der Waals surface area contributed by atoms with E-state index in [1.807, 2.05) is 67.5 Å². The number of hydrogen-bond donors (Lipinski definition) is 1. The molecule has 1 N–H and O–H groups in total. The number of aromatic nitrogens is 1. The number of rotatable bonds is 8. The van der Waals surface area contributed by atoms with Crippen molar-refractivity contribution in [1.82, 2.24) is 4.98 Å². The van der Waals surface area contributed by atoms with E-state index in [0.717, 1.165) is 19.3 Å². The van der Waals surface area contributed by atoms with E-state index in [2.05, 4.69) is 509 Å². The summed E-state index contributed by atoms with van der Waals surface area (Å²) in [5.41, 5.74) is 23.5. The number of benzene rings is 25. The minimum atomic E-state index is 0.560. The molecule has 0 saturated carbocycles. The van der Waals surface area contributed by atoms with E-state index in [-0.39, 0.29) is 0 Å². The maximum atomic E-state index is 3.41. The molecule has 0 atom stereocenters. The first kappa shape index (κ1) is 99.8. The van der Waals surface area contributed by atoms with Crippen LogP contribution < -0.4 is 0 Å². The fourth-order valence-electron chi connectivity index (χ4n) is 21.4. The van der Waals surface area contributed by atoms with Crippen molar-refractivity contribution in [3.63, 3.8) is 0 Å². The molecule has 0 saturated heterocycles. The molecule has 2 aliphatic carbocycles. The molecular formula is C143H135N. The minimum Gasteiger partial charge on any atom is -0.355 e. The molecule has 144 heavy (non-hydrogen) atoms. The van der Waals surface area contributed by atoms with Gasteiger partial charge in [-0.1, -0.05) is 560 Å². The summed E-state index contributed by atoms with van der Waals surface area (Å²) in [4.78, 5) is 3.41. The standard InChI is InChI=1S/4C19H16.C17H14.C15H12.C14H11N.C13H10.4C2H6/c4*1-12(2)16-10-8-15-7-6-13-4-3-5-14-9-11-17(16)19(15)18(13)14;1-2-7-14(8-3-1)13-16-11-6-10-15-9-4-5-12-17(15)16;1-2-6-12(7-3-1)15-10-13-8-4-5-9-14(13)11-15;1-2-6-11(7-3-1)14-10-12-8-4-5-9-13(12)15-14;1-3-7-12-10(5-1)9-11-6-2-4-8-13(11)12;4*1-2/h4*3-12H,1-2H3;1-12H,13H2;1-10H,11H2;1-10,15H;1-8H,9H2;4*1-2H3. The molecular weight excluding hydrogens is 1730 g/mol. The molecule has 0 amide bonds. The van der Waals surface area contributed by atoms with E-state index in [9.17, 15) is 0 Å². The maximum Gasteiger partial charge on any atom is 0.0464 e. The lowest BCUT2D eigenvalue weighted by atomic mass is 9.89. The summed E-state index contributed by atoms with van der Waals surface area (Å²) in [5.74, 6) is 2.24. The van der Waals surface area contributed by atoms with Crippen LogP contribution in [0.15, 0.2) is 455 Å². The zero-order valence-electron chi connectivity index (χ0n) is 86.8. The van der Waals surface area contributed by atoms with E-state index in [0.29, 0.717) is 23.7 Å². The first-order valence-corrected chi connectivity index (χ1v) is 52.6. The fraction of sp³-hybridized carbons (Fsp3) is 0.161. The lowest BCUT2D eigenvalue weighted by molar-refractivity contribution is 0.877. The molecule has 1 heteroatoms. The average molecular weight is 1870 g/mol. The monoisotopic (exact) mass is 1870 g/mol. The van der Waals surface area contributed by atoms with Gasteiger partial charge in [0.25, 0.3) is 0 Å². The van der Waals surface area contributed by atoms with Gasteiger partial charge in [0.05, 0.1) is 0 Å². The van der Waals surface area contributed by atoms with Gasteiger partial charge in [-0.05, 0) is 279 Å². The molecule has 0 spiro atoms. The molecule has 712 valence electrons. The number of allylic oxidation sites excluding steroid dienone is 1. The summed E-state index contributed by atoms with van der Waals surface area (Å²) >= 11 is 0. The van der Waals surface area contributed by atoms with E-state index in [4.69, 9.17) is 0 Å². The molecule has 0 unspecified atom stereocenters. The minimum absolute atomic E-state index is 0.560. The van der Waals surface area contributed by atoms with Crippen LogP contribution >= 0.6 is 0 Å². The van der Waals surface area contributed by atoms with E-state index in [1.54, 1.807) is 0 Å². The Hall–Kier alpha value is -15.8. The summed E-state index contributed by atoms with van der Waals surface area (Å²) < 4.78 is 0. The number of aromatic amines is 1. The third kappa shape index (κ3) is 21.2. The first-order valence-electron chi connectivity index (χ1n) is 52.6. The van der Waals surface area contributed by atoms with Crippen LogP contribution in [0.3, 0.4) is 0 Å². The number of para-hydroxylation sites is 1. The van der Waals surface area contributed by atoms with Crippen molar-refractivity contribution in [1.29, 1.82) is 0 Å². The average Bonchev–Trinajstić information content (AvgIpc) is 1.53. The lowest BCUT2D eigenvalue weighted by Gasteiger charge is -2.15. The Morgan fingerprint density at radius 3 is 0.868 bits per heavy atom. The number of hydrogen-bond acceptors (Lipinski definition) is 0. The van der Waals surface area contributed by atoms with Crippen LogP contribution in [0.4, 0.5) is 0 Å². The Morgan fingerprint density at radius 2 is 0.493 bits per heavy atom. The normalized spacial score (nSPS) is 11.5. The van der Waals surface area contributed by atoms with Crippen LogP contribution in [-0.2, 0) is 19.3 Å². The number of fused-ring (bicyclic) bond motifs is 6. The van der Waals surface area contributed by atoms with Crippen LogP contribution in [0.5, 0.6) is 0 Å². The van der Waals surface area contributed by atoms with E-state index >= 15 is 0 Å². The largest absolute Gasteiger partial charge is 0.355 e. The van der Waals surface area contributed by atoms with Gasteiger partial charge in [-0.15, -0.1) is 0 Å². The molecule has 2 aliphatic rings. The quantitative estimate of drug-likeness (QED) is 0.146. The third-order valence-electron chi connectivity index (χ3n) is 28.1. The Balaban J connectivity index is 0.000000112. The van der Waals surface area contributed by atoms with Crippen molar-refractivity contribution >= 4 is 163 Å². The summed E-state index contributed by atoms with van der Waals surface area (Å²) in [6.07, 6.45) is 5.47. The zero-order valence-corrected chi connectivity index (χ0v) is 86.8. The highest BCUT2D eigenvalue weighted by Gasteiger charge is 2.21. The molecule has 26 aromatic rings. The van der Waals surface area contributed by atoms with Crippen molar-refractivity contribution in [3.8, 4) is 22.4 Å². The van der Waals surface area contributed by atoms with Gasteiger partial charge < -0.3 is 4.98 Å². The van der Waals surface area contributed by atoms with Crippen molar-refractivity contribution in [2.45, 2.75) is 154 Å². The van der Waals surface area contributed by atoms with Crippen molar-refractivity contribution in [2.24, 2.45) is 0 Å². The van der Waals surface area contributed by atoms with Gasteiger partial charge >= 0.3 is 0 Å². The SMILES string of the molecule is C1=C(c2ccccc2)Cc2ccccc21.CC.CC.CC.CC.CC(C)c1ccc2ccc3cccc4ccc1c2c34.CC(C)c1ccc2ccc3cccc4ccc1c2c34.CC(C)c1ccc2ccc3cccc4ccc1c2c34.CC(C)c1ccc2ccc3cccc4ccc1c2c34.c1ccc(-c2cc3ccccc3[nH]2)cc1.c1ccc(Cc2cccc3ccccc23)cc1.c1ccc2c(c1)Cc1ccccc1-2. The molecule has 28 rings (SSSR count). The fourth-order valence-corrected chi connectivity index (χ4v) is 21.4. The van der Waals surface area contributed by atoms with Gasteiger partial charge in [0, 0.05) is 16.6 Å². The Labute approximate surface area is 853 Å². The molecule has 1 nitrogen and oxygen atoms in total. The third-order valence-corrected chi connectivity index (χ3v) is 28.1. The van der Waals surface area contributed by atoms with Crippen LogP contribution in [0, 0.1) is 0 Å². The molecule has 0 fully saturated rings. The van der Waals surface area contributed by atoms with Crippen LogP contribution in [0.2, 0.25) is 0 Å². The highest BCUT2D eigenvalue weighted by molar-refractivity contribution is 6.27. The van der Waals surface area contributed by atoms with Crippen LogP contribution in [-0.4, -0.2) is 4.98 Å². The molecule has 0 aliphatic heterocycles. The van der Waals surface area contributed by atoms with E-state index in [1.165, 1.54) is 240 Å². The Bertz CT molecular complexity index is 7990. The Morgan fingerprint density at radius 1 is 0.208 bits per heavy atom. The maximum absolute atomic E-state index is 3.41. The van der Waals surface area contributed by atoms with Gasteiger partial charge in [-0.3, -0.25) is 0 Å². The second kappa shape index (κ2) is 46.7. The predicted octanol–water partition coefficient (Wildman–Crippen LogP) is 42.2. The van der Waals surface area contributed by atoms with Gasteiger partial charge in [-0.25, -0.2) is 0 Å². The second-order valence-electron chi connectivity index (χ2n) is 38.0. The van der Waals surface area contributed by atoms with Crippen molar-refractivity contribution in [3.05, 3.63) is 516 Å². The lowest BCUT2D eigenvalue weighted by Crippen LogP contribution is -1.91. The highest BCUT2D eigenvalue weighted by atomic mass is 14.7. The molecule has 0 bridgehead atoms. The van der Waals surface area contributed by atoms with Crippen molar-refractivity contribution < 1.29 is 0 Å². The van der Waals surface area contributed by atoms with Crippen molar-refractivity contribution in [2.75, 3.05) is 0 Å². The second-order valence-corrected chi connectivity index (χ2v) is 38.0. The van der Waals surface area contributed by atoms with Crippen LogP contribution in [0.1, 0.15) is 196 Å². The summed E-state index contributed by atoms with van der Waals surface area (Å²) in [7, 11) is 0. The molecule has 1 aromatic heterocycles.